The van der Waals surface area contributed by atoms with Crippen LogP contribution in [-0.2, 0) is 9.59 Å². The molecule has 2 aromatic carbocycles. The highest BCUT2D eigenvalue weighted by Gasteiger charge is 2.45. The Morgan fingerprint density at radius 2 is 1.70 bits per heavy atom. The van der Waals surface area contributed by atoms with Gasteiger partial charge < -0.3 is 54.9 Å². The fourth-order valence-corrected chi connectivity index (χ4v) is 14.0. The SMILES string of the molecule is Cc1ncsc1-c1ccc([C@H](C)NC(=O)[C@@H]2C[C@@H](O)CN2C(=O)[C@H](c2cc(OCC[C@@H]3CCN(CC4CC(Oc5cc(N6C7CCC6CN(c6cc(-c8ccccc8O)nnc6N)C7)ccn5)C4)[C@H](C)[C@@H]3C)no2)C(C)C)cc1. The first-order chi connectivity index (χ1) is 38.1. The summed E-state index contributed by atoms with van der Waals surface area (Å²) in [7, 11) is 0. The number of phenolic OH excluding ortho intramolecular Hbond substituents is 1. The van der Waals surface area contributed by atoms with Crippen molar-refractivity contribution in [2.24, 2.45) is 23.7 Å². The van der Waals surface area contributed by atoms with E-state index in [2.05, 4.69) is 71.3 Å². The molecule has 11 rings (SSSR count). The third-order valence-corrected chi connectivity index (χ3v) is 18.8. The van der Waals surface area contributed by atoms with Crippen LogP contribution >= 0.6 is 11.3 Å². The number of thiazole rings is 1. The van der Waals surface area contributed by atoms with Crippen LogP contribution in [0, 0.1) is 30.6 Å². The maximum Gasteiger partial charge on any atom is 0.254 e. The molecule has 8 heterocycles. The zero-order valence-electron chi connectivity index (χ0n) is 46.1. The molecule has 5 aliphatic rings. The number of β-amino-alcohol motifs (C(OH)–C–C–N with tert-alkyl or cyclic N) is 1. The van der Waals surface area contributed by atoms with Crippen molar-refractivity contribution in [1.29, 1.82) is 0 Å². The fraction of sp³-hybridized carbons (Fsp3) is 0.517. The first-order valence-corrected chi connectivity index (χ1v) is 29.2. The number of piperazine rings is 1. The van der Waals surface area contributed by atoms with Gasteiger partial charge in [-0.3, -0.25) is 9.59 Å². The van der Waals surface area contributed by atoms with Crippen molar-refractivity contribution in [3.63, 3.8) is 0 Å². The number of aromatic hydroxyl groups is 1. The van der Waals surface area contributed by atoms with Crippen molar-refractivity contribution in [3.8, 4) is 39.2 Å². The predicted octanol–water partition coefficient (Wildman–Crippen LogP) is 8.66. The molecule has 1 aliphatic carbocycles. The summed E-state index contributed by atoms with van der Waals surface area (Å²) >= 11 is 1.60. The summed E-state index contributed by atoms with van der Waals surface area (Å²) in [5.74, 6) is 2.04. The predicted molar refractivity (Wildman–Crippen MR) is 304 cm³/mol. The molecule has 5 N–H and O–H groups in total. The molecule has 4 saturated heterocycles. The van der Waals surface area contributed by atoms with Gasteiger partial charge in [-0.15, -0.1) is 21.5 Å². The zero-order chi connectivity index (χ0) is 55.1. The number of anilines is 3. The number of carbonyl (C=O) groups is 2. The van der Waals surface area contributed by atoms with E-state index in [4.69, 9.17) is 19.7 Å². The average Bonchev–Trinajstić information content (AvgIpc) is 4.40. The molecule has 19 heteroatoms. The Hall–Kier alpha value is -6.83. The Morgan fingerprint density at radius 3 is 2.43 bits per heavy atom. The van der Waals surface area contributed by atoms with E-state index < -0.39 is 18.1 Å². The van der Waals surface area contributed by atoms with E-state index in [0.717, 1.165) is 97.8 Å². The molecule has 1 saturated carbocycles. The van der Waals surface area contributed by atoms with Gasteiger partial charge in [0, 0.05) is 80.3 Å². The molecule has 418 valence electrons. The monoisotopic (exact) mass is 1090 g/mol. The number of para-hydroxylation sites is 1. The second-order valence-corrected chi connectivity index (χ2v) is 24.1. The molecule has 18 nitrogen and oxygen atoms in total. The van der Waals surface area contributed by atoms with Crippen LogP contribution in [0.1, 0.15) is 109 Å². The molecule has 2 bridgehead atoms. The highest BCUT2D eigenvalue weighted by atomic mass is 32.1. The molecule has 4 aliphatic heterocycles. The van der Waals surface area contributed by atoms with E-state index in [-0.39, 0.29) is 48.6 Å². The number of nitrogens with zero attached hydrogens (tertiary/aromatic N) is 9. The molecule has 2 unspecified atom stereocenters. The van der Waals surface area contributed by atoms with E-state index in [1.54, 1.807) is 29.5 Å². The lowest BCUT2D eigenvalue weighted by molar-refractivity contribution is -0.141. The number of piperidine rings is 1. The average molecular weight is 1090 g/mol. The van der Waals surface area contributed by atoms with Crippen LogP contribution in [0.15, 0.2) is 89.0 Å². The molecular weight excluding hydrogens is 1020 g/mol. The van der Waals surface area contributed by atoms with Gasteiger partial charge in [0.15, 0.2) is 11.6 Å². The van der Waals surface area contributed by atoms with Gasteiger partial charge in [0.2, 0.25) is 17.7 Å². The van der Waals surface area contributed by atoms with Gasteiger partial charge in [0.05, 0.1) is 46.2 Å². The molecule has 9 atom stereocenters. The number of aromatic nitrogens is 5. The van der Waals surface area contributed by atoms with E-state index >= 15 is 0 Å². The van der Waals surface area contributed by atoms with E-state index in [9.17, 15) is 19.8 Å². The van der Waals surface area contributed by atoms with Gasteiger partial charge in [-0.25, -0.2) is 9.97 Å². The number of amides is 2. The topological polar surface area (TPSA) is 222 Å². The molecule has 5 fully saturated rings. The van der Waals surface area contributed by atoms with Crippen molar-refractivity contribution < 1.29 is 33.8 Å². The lowest BCUT2D eigenvalue weighted by atomic mass is 9.77. The number of hydrogen-bond acceptors (Lipinski definition) is 17. The number of hydrogen-bond donors (Lipinski definition) is 4. The minimum absolute atomic E-state index is 0.0605. The Kier molecular flexibility index (Phi) is 15.8. The minimum Gasteiger partial charge on any atom is -0.507 e. The quantitative estimate of drug-likeness (QED) is 0.0632. The number of nitrogens with one attached hydrogen (secondary N) is 1. The van der Waals surface area contributed by atoms with Crippen LogP contribution < -0.4 is 30.3 Å². The van der Waals surface area contributed by atoms with Crippen LogP contribution in [0.5, 0.6) is 17.5 Å². The molecule has 2 amide bonds. The summed E-state index contributed by atoms with van der Waals surface area (Å²) in [6.07, 6.45) is 7.51. The largest absolute Gasteiger partial charge is 0.507 e. The second kappa shape index (κ2) is 23.1. The number of phenols is 1. The van der Waals surface area contributed by atoms with Crippen LogP contribution in [0.3, 0.4) is 0 Å². The zero-order valence-corrected chi connectivity index (χ0v) is 47.0. The summed E-state index contributed by atoms with van der Waals surface area (Å²) in [6.45, 7) is 16.8. The number of aliphatic hydroxyl groups excluding tert-OH is 1. The van der Waals surface area contributed by atoms with Crippen LogP contribution in [0.4, 0.5) is 17.2 Å². The molecule has 4 aromatic heterocycles. The highest BCUT2D eigenvalue weighted by molar-refractivity contribution is 7.13. The van der Waals surface area contributed by atoms with Gasteiger partial charge in [-0.2, -0.15) is 0 Å². The highest BCUT2D eigenvalue weighted by Crippen LogP contribution is 2.42. The standard InChI is InChI=1S/C60H75N11O7S/c1-34(2)56(60(75)70-32-46(72)26-51(70)59(74)64-36(4)41-11-13-42(14-12-41)57-37(5)63-33-79-57)53-28-55(67-78-53)76-22-19-40-18-21-68(38(6)35(40)3)29-39-23-47(24-39)77-54-25-43(17-20-62-54)71-44-15-16-45(71)31-69(30-44)50-27-49(65-66-58(50)61)48-9-7-8-10-52(48)73/h7-14,17,20,25,27-28,33-36,38-40,44-47,51,56,72-73H,15-16,18-19,21-24,26,29-32H2,1-6H3,(H2,61,66)(H,64,74)/t35-,36-,38+,39?,40-,44?,45?,46+,47?,51-,56-/m0/s1. The number of likely N-dealkylation sites (tertiary alicyclic amines) is 2. The normalized spacial score (nSPS) is 25.8. The number of ether oxygens (including phenoxy) is 2. The molecule has 0 radical (unpaired) electrons. The first kappa shape index (κ1) is 54.1. The number of rotatable bonds is 18. The second-order valence-electron chi connectivity index (χ2n) is 23.2. The number of benzene rings is 2. The first-order valence-electron chi connectivity index (χ1n) is 28.4. The Morgan fingerprint density at radius 1 is 0.924 bits per heavy atom. The fourth-order valence-electron chi connectivity index (χ4n) is 13.1. The van der Waals surface area contributed by atoms with Crippen molar-refractivity contribution in [2.75, 3.05) is 54.9 Å². The third-order valence-electron chi connectivity index (χ3n) is 17.8. The van der Waals surface area contributed by atoms with Crippen LogP contribution in [-0.4, -0.2) is 133 Å². The number of fused-ring (bicyclic) bond motifs is 2. The number of nitrogen functional groups attached to an aromatic ring is 1. The lowest BCUT2D eigenvalue weighted by Gasteiger charge is -2.46. The van der Waals surface area contributed by atoms with Gasteiger partial charge in [-0.1, -0.05) is 57.2 Å². The molecule has 6 aromatic rings. The van der Waals surface area contributed by atoms with Gasteiger partial charge >= 0.3 is 0 Å². The van der Waals surface area contributed by atoms with Crippen molar-refractivity contribution >= 4 is 40.3 Å². The maximum absolute atomic E-state index is 14.3. The number of pyridine rings is 1. The number of carbonyl (C=O) groups excluding carboxylic acids is 2. The van der Waals surface area contributed by atoms with Crippen molar-refractivity contribution in [1.82, 2.24) is 40.4 Å². The number of nitrogens with two attached hydrogens (primary N) is 1. The Labute approximate surface area is 466 Å². The van der Waals surface area contributed by atoms with Crippen LogP contribution in [0.25, 0.3) is 21.7 Å². The lowest BCUT2D eigenvalue weighted by Crippen LogP contribution is -2.54. The van der Waals surface area contributed by atoms with E-state index in [0.29, 0.717) is 77.1 Å². The summed E-state index contributed by atoms with van der Waals surface area (Å²) in [4.78, 5) is 47.3. The summed E-state index contributed by atoms with van der Waals surface area (Å²) in [6, 6.07) is 23.0. The maximum atomic E-state index is 14.3. The van der Waals surface area contributed by atoms with Gasteiger partial charge in [0.1, 0.15) is 23.8 Å². The summed E-state index contributed by atoms with van der Waals surface area (Å²) in [5.41, 5.74) is 14.5. The third kappa shape index (κ3) is 11.5. The van der Waals surface area contributed by atoms with Gasteiger partial charge in [-0.05, 0) is 130 Å². The Bertz CT molecular complexity index is 3080. The number of aliphatic hydroxyl groups is 1. The molecule has 79 heavy (non-hydrogen) atoms. The summed E-state index contributed by atoms with van der Waals surface area (Å²) < 4.78 is 18.5. The summed E-state index contributed by atoms with van der Waals surface area (Å²) in [5, 5.41) is 37.2. The number of aryl methyl sites for hydroxylation is 1. The van der Waals surface area contributed by atoms with Crippen LogP contribution in [0.2, 0.25) is 0 Å². The van der Waals surface area contributed by atoms with E-state index in [1.807, 2.05) is 81.9 Å². The smallest absolute Gasteiger partial charge is 0.254 e. The molecular formula is C60H75N11O7S. The minimum atomic E-state index is -0.824. The van der Waals surface area contributed by atoms with Gasteiger partial charge in [0.25, 0.3) is 5.88 Å². The van der Waals surface area contributed by atoms with Crippen molar-refractivity contribution in [3.05, 3.63) is 102 Å². The molecule has 0 spiro atoms. The van der Waals surface area contributed by atoms with Crippen molar-refractivity contribution in [2.45, 2.75) is 135 Å². The van der Waals surface area contributed by atoms with E-state index in [1.165, 1.54) is 4.90 Å². The Balaban J connectivity index is 0.620.